The van der Waals surface area contributed by atoms with Gasteiger partial charge in [-0.05, 0) is 145 Å². The highest BCUT2D eigenvalue weighted by Gasteiger charge is 2.21. The summed E-state index contributed by atoms with van der Waals surface area (Å²) in [4.78, 5) is 0. The number of hydrogen-bond acceptors (Lipinski definition) is 0. The van der Waals surface area contributed by atoms with Crippen LogP contribution in [0.25, 0.3) is 121 Å². The molecule has 11 aromatic carbocycles. The van der Waals surface area contributed by atoms with E-state index in [-0.39, 0.29) is 0 Å². The third kappa shape index (κ3) is 5.81. The van der Waals surface area contributed by atoms with E-state index in [1.807, 2.05) is 0 Å². The zero-order valence-corrected chi connectivity index (χ0v) is 35.0. The molecule has 0 fully saturated rings. The molecule has 0 atom stereocenters. The molecule has 0 bridgehead atoms. The third-order valence-electron chi connectivity index (χ3n) is 13.2. The summed E-state index contributed by atoms with van der Waals surface area (Å²) in [6.45, 7) is 0. The Kier molecular flexibility index (Phi) is 8.25. The fraction of sp³-hybridized carbons (Fsp3) is 0. The maximum atomic E-state index is 2.46. The van der Waals surface area contributed by atoms with Crippen molar-refractivity contribution in [1.82, 2.24) is 9.13 Å². The van der Waals surface area contributed by atoms with Crippen LogP contribution in [0.15, 0.2) is 243 Å². The first-order valence-electron chi connectivity index (χ1n) is 22.1. The van der Waals surface area contributed by atoms with Gasteiger partial charge in [0, 0.05) is 32.9 Å². The Morgan fingerprint density at radius 1 is 0.219 bits per heavy atom. The van der Waals surface area contributed by atoms with E-state index in [0.717, 1.165) is 11.4 Å². The largest absolute Gasteiger partial charge is 0.309 e. The van der Waals surface area contributed by atoms with E-state index in [9.17, 15) is 0 Å². The van der Waals surface area contributed by atoms with Gasteiger partial charge in [0.1, 0.15) is 0 Å². The fourth-order valence-electron chi connectivity index (χ4n) is 10.3. The van der Waals surface area contributed by atoms with E-state index in [4.69, 9.17) is 0 Å². The Morgan fingerprint density at radius 3 is 1.27 bits per heavy atom. The zero-order valence-electron chi connectivity index (χ0n) is 35.0. The van der Waals surface area contributed by atoms with Crippen molar-refractivity contribution < 1.29 is 0 Å². The lowest BCUT2D eigenvalue weighted by Gasteiger charge is -2.16. The van der Waals surface area contributed by atoms with Crippen molar-refractivity contribution >= 4 is 65.2 Å². The molecule has 2 aromatic heterocycles. The average Bonchev–Trinajstić information content (AvgIpc) is 3.89. The van der Waals surface area contributed by atoms with Gasteiger partial charge in [0.05, 0.1) is 22.1 Å². The van der Waals surface area contributed by atoms with E-state index < -0.39 is 0 Å². The van der Waals surface area contributed by atoms with Crippen LogP contribution in [0.4, 0.5) is 0 Å². The standard InChI is InChI=1S/C62H40N2/c1-2-20-51(21-3-1)63-57-27-12-10-25-55(57)61-59(63)33-34-60-62(61)56-26-11-13-28-58(56)64(60)52-22-14-19-47(40-52)53-23-8-9-24-54(53)50-38-48(45-31-29-41-15-4-6-17-43(41)35-45)37-49(39-50)46-32-30-42-16-5-7-18-44(42)36-46/h1-40H. The normalized spacial score (nSPS) is 11.8. The minimum absolute atomic E-state index is 1.13. The molecule has 2 heterocycles. The summed E-state index contributed by atoms with van der Waals surface area (Å²) in [5.74, 6) is 0. The van der Waals surface area contributed by atoms with Crippen LogP contribution in [-0.4, -0.2) is 9.13 Å². The fourth-order valence-corrected chi connectivity index (χ4v) is 10.3. The third-order valence-corrected chi connectivity index (χ3v) is 13.2. The SMILES string of the molecule is c1ccc(-n2c3ccccc3c3c4c5ccccc5n(-c5cccc(-c6ccccc6-c6cc(-c7ccc8ccccc8c7)cc(-c7ccc8ccccc8c7)c6)c5)c4ccc32)cc1. The smallest absolute Gasteiger partial charge is 0.0548 e. The maximum absolute atomic E-state index is 2.46. The Hall–Kier alpha value is -8.46. The number of nitrogens with zero attached hydrogens (tertiary/aromatic N) is 2. The van der Waals surface area contributed by atoms with Gasteiger partial charge in [0.15, 0.2) is 0 Å². The van der Waals surface area contributed by atoms with Gasteiger partial charge < -0.3 is 9.13 Å². The molecule has 13 rings (SSSR count). The minimum Gasteiger partial charge on any atom is -0.309 e. The number of rotatable bonds is 6. The van der Waals surface area contributed by atoms with E-state index in [0.29, 0.717) is 0 Å². The first-order valence-corrected chi connectivity index (χ1v) is 22.1. The predicted molar refractivity (Wildman–Crippen MR) is 272 cm³/mol. The van der Waals surface area contributed by atoms with Gasteiger partial charge in [-0.2, -0.15) is 0 Å². The van der Waals surface area contributed by atoms with Crippen LogP contribution in [0.3, 0.4) is 0 Å². The van der Waals surface area contributed by atoms with Gasteiger partial charge in [-0.25, -0.2) is 0 Å². The lowest BCUT2D eigenvalue weighted by atomic mass is 9.89. The molecule has 0 aliphatic heterocycles. The molecule has 0 unspecified atom stereocenters. The minimum atomic E-state index is 1.13. The molecule has 2 heteroatoms. The summed E-state index contributed by atoms with van der Waals surface area (Å²) in [5, 5.41) is 10.0. The second-order valence-corrected chi connectivity index (χ2v) is 16.9. The molecule has 2 nitrogen and oxygen atoms in total. The lowest BCUT2D eigenvalue weighted by molar-refractivity contribution is 1.17. The molecular formula is C62H40N2. The van der Waals surface area contributed by atoms with E-state index in [1.165, 1.54) is 110 Å². The number of benzene rings is 11. The topological polar surface area (TPSA) is 9.86 Å². The number of hydrogen-bond donors (Lipinski definition) is 0. The highest BCUT2D eigenvalue weighted by Crippen LogP contribution is 2.44. The summed E-state index contributed by atoms with van der Waals surface area (Å²) < 4.78 is 4.87. The second-order valence-electron chi connectivity index (χ2n) is 16.9. The number of fused-ring (bicyclic) bond motifs is 9. The lowest BCUT2D eigenvalue weighted by Crippen LogP contribution is -1.95. The second kappa shape index (κ2) is 14.6. The molecule has 0 N–H and O–H groups in total. The molecule has 0 aliphatic rings. The molecule has 64 heavy (non-hydrogen) atoms. The van der Waals surface area contributed by atoms with Gasteiger partial charge in [-0.1, -0.05) is 164 Å². The highest BCUT2D eigenvalue weighted by atomic mass is 15.0. The van der Waals surface area contributed by atoms with Gasteiger partial charge in [0.2, 0.25) is 0 Å². The predicted octanol–water partition coefficient (Wildman–Crippen LogP) is 16.9. The van der Waals surface area contributed by atoms with Crippen LogP contribution in [0.5, 0.6) is 0 Å². The Balaban J connectivity index is 0.999. The van der Waals surface area contributed by atoms with E-state index in [2.05, 4.69) is 252 Å². The highest BCUT2D eigenvalue weighted by molar-refractivity contribution is 6.29. The molecule has 0 spiro atoms. The van der Waals surface area contributed by atoms with Crippen LogP contribution < -0.4 is 0 Å². The molecule has 0 amide bonds. The van der Waals surface area contributed by atoms with Crippen LogP contribution in [0, 0.1) is 0 Å². The average molecular weight is 813 g/mol. The van der Waals surface area contributed by atoms with E-state index in [1.54, 1.807) is 0 Å². The van der Waals surface area contributed by atoms with Gasteiger partial charge in [0.25, 0.3) is 0 Å². The first-order chi connectivity index (χ1) is 31.7. The Labute approximate surface area is 371 Å². The van der Waals surface area contributed by atoms with Crippen molar-refractivity contribution in [3.05, 3.63) is 243 Å². The van der Waals surface area contributed by atoms with Gasteiger partial charge in [-0.3, -0.25) is 0 Å². The summed E-state index contributed by atoms with van der Waals surface area (Å²) >= 11 is 0. The molecule has 298 valence electrons. The summed E-state index contributed by atoms with van der Waals surface area (Å²) in [6, 6.07) is 89.1. The summed E-state index contributed by atoms with van der Waals surface area (Å²) in [6.07, 6.45) is 0. The van der Waals surface area contributed by atoms with Crippen molar-refractivity contribution in [2.45, 2.75) is 0 Å². The quantitative estimate of drug-likeness (QED) is 0.158. The number of para-hydroxylation sites is 3. The van der Waals surface area contributed by atoms with Crippen molar-refractivity contribution in [2.75, 3.05) is 0 Å². The first kappa shape index (κ1) is 36.2. The Bertz CT molecular complexity index is 3860. The van der Waals surface area contributed by atoms with Crippen molar-refractivity contribution in [2.24, 2.45) is 0 Å². The van der Waals surface area contributed by atoms with Crippen LogP contribution >= 0.6 is 0 Å². The maximum Gasteiger partial charge on any atom is 0.0548 e. The van der Waals surface area contributed by atoms with Gasteiger partial charge in [-0.15, -0.1) is 0 Å². The molecule has 13 aromatic rings. The summed E-state index contributed by atoms with van der Waals surface area (Å²) in [5.41, 5.74) is 16.6. The van der Waals surface area contributed by atoms with E-state index >= 15 is 0 Å². The number of aromatic nitrogens is 2. The molecule has 0 saturated carbocycles. The van der Waals surface area contributed by atoms with Crippen LogP contribution in [0.1, 0.15) is 0 Å². The Morgan fingerprint density at radius 2 is 0.672 bits per heavy atom. The molecule has 0 saturated heterocycles. The van der Waals surface area contributed by atoms with Crippen molar-refractivity contribution in [3.8, 4) is 55.9 Å². The molecular weight excluding hydrogens is 773 g/mol. The zero-order chi connectivity index (χ0) is 42.1. The monoisotopic (exact) mass is 812 g/mol. The molecule has 0 aliphatic carbocycles. The summed E-state index contributed by atoms with van der Waals surface area (Å²) in [7, 11) is 0. The van der Waals surface area contributed by atoms with Crippen molar-refractivity contribution in [1.29, 1.82) is 0 Å². The van der Waals surface area contributed by atoms with Gasteiger partial charge >= 0.3 is 0 Å². The molecule has 0 radical (unpaired) electrons. The van der Waals surface area contributed by atoms with Crippen molar-refractivity contribution in [3.63, 3.8) is 0 Å². The van der Waals surface area contributed by atoms with Crippen LogP contribution in [-0.2, 0) is 0 Å². The van der Waals surface area contributed by atoms with Crippen LogP contribution in [0.2, 0.25) is 0 Å².